The number of nitrogens with one attached hydrogen (secondary N) is 1. The van der Waals surface area contributed by atoms with Crippen LogP contribution >= 0.6 is 0 Å². The Morgan fingerprint density at radius 1 is 1.29 bits per heavy atom. The lowest BCUT2D eigenvalue weighted by molar-refractivity contribution is 0.115. The van der Waals surface area contributed by atoms with Crippen LogP contribution in [0.3, 0.4) is 0 Å². The van der Waals surface area contributed by atoms with Gasteiger partial charge in [-0.2, -0.15) is 0 Å². The highest BCUT2D eigenvalue weighted by Crippen LogP contribution is 2.34. The Balaban J connectivity index is 2.43. The molecule has 4 heteroatoms. The van der Waals surface area contributed by atoms with E-state index in [-0.39, 0.29) is 0 Å². The topological polar surface area (TPSA) is 21.3 Å². The molecule has 0 aliphatic carbocycles. The van der Waals surface area contributed by atoms with Crippen molar-refractivity contribution in [3.05, 3.63) is 23.8 Å². The fourth-order valence-electron chi connectivity index (χ4n) is 1.39. The average Bonchev–Trinajstić information content (AvgIpc) is 2.07. The van der Waals surface area contributed by atoms with Gasteiger partial charge in [0, 0.05) is 12.1 Å². The standard InChI is InChI=1S/C10H11F2NO/c1-10(2)5-13-8-3-6(11)7(12)4-9(8)14-10/h3-4,13H,5H2,1-2H3. The van der Waals surface area contributed by atoms with Crippen LogP contribution in [0.5, 0.6) is 5.75 Å². The molecule has 0 fully saturated rings. The van der Waals surface area contributed by atoms with Gasteiger partial charge in [-0.25, -0.2) is 8.78 Å². The summed E-state index contributed by atoms with van der Waals surface area (Å²) in [6, 6.07) is 2.18. The summed E-state index contributed by atoms with van der Waals surface area (Å²) < 4.78 is 31.2. The third kappa shape index (κ3) is 1.52. The zero-order valence-corrected chi connectivity index (χ0v) is 8.03. The second kappa shape index (κ2) is 2.83. The van der Waals surface area contributed by atoms with Crippen molar-refractivity contribution in [1.82, 2.24) is 0 Å². The Morgan fingerprint density at radius 3 is 2.64 bits per heavy atom. The Morgan fingerprint density at radius 2 is 1.93 bits per heavy atom. The summed E-state index contributed by atoms with van der Waals surface area (Å²) in [5.74, 6) is -1.39. The highest BCUT2D eigenvalue weighted by atomic mass is 19.2. The van der Waals surface area contributed by atoms with E-state index < -0.39 is 17.2 Å². The lowest BCUT2D eigenvalue weighted by Gasteiger charge is -2.33. The zero-order chi connectivity index (χ0) is 10.3. The Kier molecular flexibility index (Phi) is 1.87. The van der Waals surface area contributed by atoms with E-state index in [1.807, 2.05) is 13.8 Å². The van der Waals surface area contributed by atoms with E-state index in [0.29, 0.717) is 18.0 Å². The molecule has 0 unspecified atom stereocenters. The lowest BCUT2D eigenvalue weighted by atomic mass is 10.1. The minimum absolute atomic E-state index is 0.361. The quantitative estimate of drug-likeness (QED) is 0.693. The molecule has 0 saturated carbocycles. The molecule has 0 atom stereocenters. The molecule has 0 amide bonds. The third-order valence-electron chi connectivity index (χ3n) is 2.11. The van der Waals surface area contributed by atoms with E-state index in [2.05, 4.69) is 5.32 Å². The van der Waals surface area contributed by atoms with Crippen LogP contribution in [0.4, 0.5) is 14.5 Å². The van der Waals surface area contributed by atoms with Gasteiger partial charge in [-0.05, 0) is 13.8 Å². The summed E-state index contributed by atoms with van der Waals surface area (Å²) in [5.41, 5.74) is 0.111. The van der Waals surface area contributed by atoms with Crippen molar-refractivity contribution in [3.63, 3.8) is 0 Å². The molecule has 1 aliphatic rings. The number of benzene rings is 1. The Labute approximate surface area is 80.9 Å². The van der Waals surface area contributed by atoms with E-state index in [4.69, 9.17) is 4.74 Å². The average molecular weight is 199 g/mol. The van der Waals surface area contributed by atoms with Gasteiger partial charge in [0.1, 0.15) is 11.4 Å². The molecular formula is C10H11F2NO. The minimum atomic E-state index is -0.886. The third-order valence-corrected chi connectivity index (χ3v) is 2.11. The van der Waals surface area contributed by atoms with Gasteiger partial charge in [0.25, 0.3) is 0 Å². The van der Waals surface area contributed by atoms with Crippen LogP contribution in [0.15, 0.2) is 12.1 Å². The lowest BCUT2D eigenvalue weighted by Crippen LogP contribution is -2.40. The minimum Gasteiger partial charge on any atom is -0.484 e. The second-order valence-electron chi connectivity index (χ2n) is 3.98. The molecule has 0 aromatic heterocycles. The van der Waals surface area contributed by atoms with Gasteiger partial charge in [-0.1, -0.05) is 0 Å². The number of ether oxygens (including phenoxy) is 1. The van der Waals surface area contributed by atoms with Gasteiger partial charge >= 0.3 is 0 Å². The van der Waals surface area contributed by atoms with Gasteiger partial charge in [0.2, 0.25) is 0 Å². The van der Waals surface area contributed by atoms with Crippen molar-refractivity contribution in [3.8, 4) is 5.75 Å². The SMILES string of the molecule is CC1(C)CNc2cc(F)c(F)cc2O1. The maximum absolute atomic E-state index is 12.9. The van der Waals surface area contributed by atoms with Crippen LogP contribution in [0, 0.1) is 11.6 Å². The van der Waals surface area contributed by atoms with Crippen LogP contribution in [0.2, 0.25) is 0 Å². The number of rotatable bonds is 0. The van der Waals surface area contributed by atoms with Crippen LogP contribution in [-0.2, 0) is 0 Å². The van der Waals surface area contributed by atoms with E-state index >= 15 is 0 Å². The van der Waals surface area contributed by atoms with Gasteiger partial charge in [-0.15, -0.1) is 0 Å². The Bertz CT molecular complexity index is 377. The summed E-state index contributed by atoms with van der Waals surface area (Å²) >= 11 is 0. The van der Waals surface area contributed by atoms with Crippen molar-refractivity contribution >= 4 is 5.69 Å². The largest absolute Gasteiger partial charge is 0.484 e. The summed E-state index contributed by atoms with van der Waals surface area (Å²) in [4.78, 5) is 0. The van der Waals surface area contributed by atoms with Crippen molar-refractivity contribution < 1.29 is 13.5 Å². The first-order chi connectivity index (χ1) is 6.48. The molecule has 1 aromatic carbocycles. The molecule has 14 heavy (non-hydrogen) atoms. The molecule has 1 N–H and O–H groups in total. The second-order valence-corrected chi connectivity index (χ2v) is 3.98. The summed E-state index contributed by atoms with van der Waals surface area (Å²) in [7, 11) is 0. The van der Waals surface area contributed by atoms with Crippen molar-refractivity contribution in [2.45, 2.75) is 19.4 Å². The first-order valence-electron chi connectivity index (χ1n) is 4.40. The van der Waals surface area contributed by atoms with Crippen molar-refractivity contribution in [1.29, 1.82) is 0 Å². The van der Waals surface area contributed by atoms with Gasteiger partial charge in [0.15, 0.2) is 11.6 Å². The summed E-state index contributed by atoms with van der Waals surface area (Å²) in [5, 5.41) is 2.99. The van der Waals surface area contributed by atoms with Gasteiger partial charge < -0.3 is 10.1 Å². The molecule has 0 saturated heterocycles. The smallest absolute Gasteiger partial charge is 0.162 e. The van der Waals surface area contributed by atoms with Crippen LogP contribution < -0.4 is 10.1 Å². The van der Waals surface area contributed by atoms with E-state index in [0.717, 1.165) is 12.1 Å². The van der Waals surface area contributed by atoms with Gasteiger partial charge in [0.05, 0.1) is 12.2 Å². The zero-order valence-electron chi connectivity index (χ0n) is 8.03. The highest BCUT2D eigenvalue weighted by molar-refractivity contribution is 5.58. The number of hydrogen-bond donors (Lipinski definition) is 1. The fourth-order valence-corrected chi connectivity index (χ4v) is 1.39. The predicted molar refractivity (Wildman–Crippen MR) is 49.6 cm³/mol. The van der Waals surface area contributed by atoms with Crippen LogP contribution in [-0.4, -0.2) is 12.1 Å². The van der Waals surface area contributed by atoms with Crippen LogP contribution in [0.25, 0.3) is 0 Å². The van der Waals surface area contributed by atoms with E-state index in [1.165, 1.54) is 0 Å². The molecule has 1 heterocycles. The molecule has 1 aromatic rings. The van der Waals surface area contributed by atoms with Crippen molar-refractivity contribution in [2.24, 2.45) is 0 Å². The van der Waals surface area contributed by atoms with E-state index in [9.17, 15) is 8.78 Å². The monoisotopic (exact) mass is 199 g/mol. The number of anilines is 1. The maximum Gasteiger partial charge on any atom is 0.162 e. The molecule has 0 radical (unpaired) electrons. The first kappa shape index (κ1) is 9.24. The molecule has 1 aliphatic heterocycles. The molecule has 0 bridgehead atoms. The number of fused-ring (bicyclic) bond motifs is 1. The molecule has 2 rings (SSSR count). The van der Waals surface area contributed by atoms with E-state index in [1.54, 1.807) is 0 Å². The normalized spacial score (nSPS) is 18.0. The predicted octanol–water partition coefficient (Wildman–Crippen LogP) is 2.55. The fraction of sp³-hybridized carbons (Fsp3) is 0.400. The van der Waals surface area contributed by atoms with Crippen LogP contribution in [0.1, 0.15) is 13.8 Å². The Hall–Kier alpha value is -1.32. The highest BCUT2D eigenvalue weighted by Gasteiger charge is 2.27. The van der Waals surface area contributed by atoms with Crippen molar-refractivity contribution in [2.75, 3.05) is 11.9 Å². The first-order valence-corrected chi connectivity index (χ1v) is 4.40. The number of halogens is 2. The molecule has 76 valence electrons. The molecule has 0 spiro atoms. The molecule has 2 nitrogen and oxygen atoms in total. The number of hydrogen-bond acceptors (Lipinski definition) is 2. The summed E-state index contributed by atoms with van der Waals surface area (Å²) in [6.07, 6.45) is 0. The molecular weight excluding hydrogens is 188 g/mol. The summed E-state index contributed by atoms with van der Waals surface area (Å²) in [6.45, 7) is 4.33. The van der Waals surface area contributed by atoms with Gasteiger partial charge in [-0.3, -0.25) is 0 Å². The maximum atomic E-state index is 12.9.